The molecule has 0 aliphatic heterocycles. The largest absolute Gasteiger partial charge is 0.0689 e. The van der Waals surface area contributed by atoms with Crippen molar-refractivity contribution in [2.45, 2.75) is 127 Å². The Labute approximate surface area is 206 Å². The summed E-state index contributed by atoms with van der Waals surface area (Å²) < 4.78 is 0. The molecule has 184 valence electrons. The first-order chi connectivity index (χ1) is 16.0. The van der Waals surface area contributed by atoms with Crippen LogP contribution in [-0.4, -0.2) is 8.07 Å². The minimum Gasteiger partial charge on any atom is -0.0689 e. The highest BCUT2D eigenvalue weighted by molar-refractivity contribution is 6.80. The van der Waals surface area contributed by atoms with Crippen LogP contribution in [0.1, 0.15) is 109 Å². The molecule has 33 heavy (non-hydrogen) atoms. The van der Waals surface area contributed by atoms with Crippen LogP contribution in [0.25, 0.3) is 0 Å². The summed E-state index contributed by atoms with van der Waals surface area (Å²) in [6, 6.07) is 11.5. The van der Waals surface area contributed by atoms with Gasteiger partial charge in [0.05, 0.1) is 8.07 Å². The van der Waals surface area contributed by atoms with Crippen molar-refractivity contribution in [2.75, 3.05) is 0 Å². The van der Waals surface area contributed by atoms with Gasteiger partial charge in [0.1, 0.15) is 0 Å². The topological polar surface area (TPSA) is 0 Å². The molecule has 4 aliphatic carbocycles. The molecule has 0 spiro atoms. The van der Waals surface area contributed by atoms with Crippen LogP contribution in [0.15, 0.2) is 30.3 Å². The molecule has 0 nitrogen and oxygen atoms in total. The third-order valence-corrected chi connectivity index (χ3v) is 17.0. The molecule has 9 unspecified atom stereocenters. The van der Waals surface area contributed by atoms with E-state index in [0.29, 0.717) is 0 Å². The van der Waals surface area contributed by atoms with Crippen LogP contribution in [0.5, 0.6) is 0 Å². The van der Waals surface area contributed by atoms with E-state index >= 15 is 0 Å². The van der Waals surface area contributed by atoms with Gasteiger partial charge in [-0.2, -0.15) is 0 Å². The molecule has 0 bridgehead atoms. The van der Waals surface area contributed by atoms with Gasteiger partial charge in [-0.15, -0.1) is 0 Å². The van der Waals surface area contributed by atoms with E-state index in [0.717, 1.165) is 52.5 Å². The molecule has 0 amide bonds. The number of hydrogen-bond acceptors (Lipinski definition) is 0. The summed E-state index contributed by atoms with van der Waals surface area (Å²) in [5, 5.41) is 0. The molecular weight excluding hydrogens is 412 g/mol. The van der Waals surface area contributed by atoms with Gasteiger partial charge < -0.3 is 0 Å². The smallest absolute Gasteiger partial charge is 0.0541 e. The predicted octanol–water partition coefficient (Wildman–Crippen LogP) is 10.1. The summed E-state index contributed by atoms with van der Waals surface area (Å²) in [6.07, 6.45) is 19.8. The number of benzene rings is 1. The molecule has 4 fully saturated rings. The lowest BCUT2D eigenvalue weighted by Crippen LogP contribution is -2.43. The second-order valence-electron chi connectivity index (χ2n) is 13.4. The fourth-order valence-corrected chi connectivity index (χ4v) is 15.7. The molecule has 1 aromatic rings. The molecule has 1 heteroatoms. The summed E-state index contributed by atoms with van der Waals surface area (Å²) >= 11 is 0. The molecule has 4 saturated carbocycles. The Hall–Kier alpha value is -0.563. The van der Waals surface area contributed by atoms with Crippen molar-refractivity contribution in [1.29, 1.82) is 0 Å². The van der Waals surface area contributed by atoms with E-state index in [1.54, 1.807) is 44.1 Å². The van der Waals surface area contributed by atoms with Gasteiger partial charge in [-0.1, -0.05) is 102 Å². The third kappa shape index (κ3) is 4.54. The maximum atomic E-state index is 2.90. The molecule has 1 aromatic carbocycles. The zero-order chi connectivity index (χ0) is 23.0. The van der Waals surface area contributed by atoms with Crippen molar-refractivity contribution < 1.29 is 0 Å². The second kappa shape index (κ2) is 10.2. The predicted molar refractivity (Wildman–Crippen MR) is 146 cm³/mol. The Bertz CT molecular complexity index is 753. The number of fused-ring (bicyclic) bond motifs is 2. The summed E-state index contributed by atoms with van der Waals surface area (Å²) in [4.78, 5) is 0. The normalized spacial score (nSPS) is 39.8. The Kier molecular flexibility index (Phi) is 7.46. The van der Waals surface area contributed by atoms with E-state index in [-0.39, 0.29) is 0 Å². The van der Waals surface area contributed by atoms with Crippen LogP contribution in [0.3, 0.4) is 0 Å². The average Bonchev–Trinajstić information content (AvgIpc) is 3.43. The van der Waals surface area contributed by atoms with E-state index in [4.69, 9.17) is 0 Å². The Morgan fingerprint density at radius 1 is 0.727 bits per heavy atom. The van der Waals surface area contributed by atoms with E-state index in [1.165, 1.54) is 44.9 Å². The second-order valence-corrected chi connectivity index (χ2v) is 18.5. The fraction of sp³-hybridized carbons (Fsp3) is 0.812. The molecule has 4 aliphatic rings. The Morgan fingerprint density at radius 3 is 1.79 bits per heavy atom. The van der Waals surface area contributed by atoms with Gasteiger partial charge in [0.2, 0.25) is 0 Å². The lowest BCUT2D eigenvalue weighted by molar-refractivity contribution is 0.210. The first-order valence-corrected chi connectivity index (χ1v) is 18.2. The lowest BCUT2D eigenvalue weighted by atomic mass is 9.74. The van der Waals surface area contributed by atoms with Gasteiger partial charge in [0.25, 0.3) is 0 Å². The highest BCUT2D eigenvalue weighted by atomic mass is 28.3. The minimum absolute atomic E-state index is 0.779. The van der Waals surface area contributed by atoms with E-state index in [1.807, 2.05) is 0 Å². The highest BCUT2D eigenvalue weighted by Gasteiger charge is 2.57. The van der Waals surface area contributed by atoms with Gasteiger partial charge in [0, 0.05) is 0 Å². The fourth-order valence-electron chi connectivity index (χ4n) is 10.3. The van der Waals surface area contributed by atoms with Gasteiger partial charge in [-0.3, -0.25) is 0 Å². The zero-order valence-electron chi connectivity index (χ0n) is 22.3. The first kappa shape index (κ1) is 24.1. The van der Waals surface area contributed by atoms with Crippen LogP contribution in [0.2, 0.25) is 24.2 Å². The molecule has 0 aromatic heterocycles. The molecule has 5 rings (SSSR count). The minimum atomic E-state index is -1.29. The van der Waals surface area contributed by atoms with Gasteiger partial charge in [-0.05, 0) is 96.6 Å². The highest BCUT2D eigenvalue weighted by Crippen LogP contribution is 2.65. The maximum Gasteiger partial charge on any atom is 0.0541 e. The summed E-state index contributed by atoms with van der Waals surface area (Å²) in [5.41, 5.74) is 3.86. The van der Waals surface area contributed by atoms with Crippen LogP contribution >= 0.6 is 0 Å². The number of rotatable bonds is 7. The third-order valence-electron chi connectivity index (χ3n) is 11.9. The number of hydrogen-bond donors (Lipinski definition) is 0. The van der Waals surface area contributed by atoms with Crippen molar-refractivity contribution in [3.63, 3.8) is 0 Å². The maximum absolute atomic E-state index is 2.90. The standard InChI is InChI=1S/C32H52Si/c1-5-23(25-14-8-7-9-15-25)20-26-22-32(30-19-13-11-17-28(26)30)33(3,4)31-21-24(6-2)27-16-10-12-18-29(27)31/h7-9,14-15,23-24,26-32H,5-6,10-13,16-22H2,1-4H3. The van der Waals surface area contributed by atoms with E-state index in [2.05, 4.69) is 57.3 Å². The average molecular weight is 465 g/mol. The van der Waals surface area contributed by atoms with Gasteiger partial charge >= 0.3 is 0 Å². The molecule has 9 atom stereocenters. The first-order valence-electron chi connectivity index (χ1n) is 15.1. The summed E-state index contributed by atoms with van der Waals surface area (Å²) in [6.45, 7) is 10.7. The summed E-state index contributed by atoms with van der Waals surface area (Å²) in [5.74, 6) is 7.19. The van der Waals surface area contributed by atoms with Gasteiger partial charge in [-0.25, -0.2) is 0 Å². The lowest BCUT2D eigenvalue weighted by Gasteiger charge is -2.45. The van der Waals surface area contributed by atoms with Crippen molar-refractivity contribution in [1.82, 2.24) is 0 Å². The van der Waals surface area contributed by atoms with Crippen molar-refractivity contribution >= 4 is 8.07 Å². The summed E-state index contributed by atoms with van der Waals surface area (Å²) in [7, 11) is -1.29. The van der Waals surface area contributed by atoms with Gasteiger partial charge in [0.15, 0.2) is 0 Å². The molecular formula is C32H52Si. The SMILES string of the molecule is CCC(CC1CC([Si](C)(C)C2CC(CC)C3CCCCC32)C2CCCCC12)c1ccccc1. The quantitative estimate of drug-likeness (QED) is 0.352. The zero-order valence-corrected chi connectivity index (χ0v) is 23.3. The Morgan fingerprint density at radius 2 is 1.24 bits per heavy atom. The molecule has 0 heterocycles. The van der Waals surface area contributed by atoms with Crippen molar-refractivity contribution in [2.24, 2.45) is 35.5 Å². The van der Waals surface area contributed by atoms with E-state index < -0.39 is 8.07 Å². The molecule has 0 radical (unpaired) electrons. The van der Waals surface area contributed by atoms with Crippen LogP contribution in [0, 0.1) is 35.5 Å². The monoisotopic (exact) mass is 464 g/mol. The van der Waals surface area contributed by atoms with Crippen LogP contribution in [0.4, 0.5) is 0 Å². The Balaban J connectivity index is 1.37. The van der Waals surface area contributed by atoms with E-state index in [9.17, 15) is 0 Å². The van der Waals surface area contributed by atoms with Crippen molar-refractivity contribution in [3.8, 4) is 0 Å². The van der Waals surface area contributed by atoms with Crippen LogP contribution < -0.4 is 0 Å². The molecule has 0 N–H and O–H groups in total. The van der Waals surface area contributed by atoms with Crippen molar-refractivity contribution in [3.05, 3.63) is 35.9 Å². The van der Waals surface area contributed by atoms with Crippen LogP contribution in [-0.2, 0) is 0 Å². The molecule has 0 saturated heterocycles.